The summed E-state index contributed by atoms with van der Waals surface area (Å²) in [5.41, 5.74) is 0.677. The minimum absolute atomic E-state index is 0.0355. The Morgan fingerprint density at radius 1 is 1.12 bits per heavy atom. The molecule has 0 amide bonds. The van der Waals surface area contributed by atoms with Crippen LogP contribution in [0.3, 0.4) is 0 Å². The van der Waals surface area contributed by atoms with Crippen LogP contribution in [0.2, 0.25) is 0 Å². The van der Waals surface area contributed by atoms with Crippen LogP contribution in [0, 0.1) is 0 Å². The molecule has 26 heavy (non-hydrogen) atoms. The molecule has 0 unspecified atom stereocenters. The van der Waals surface area contributed by atoms with Crippen molar-refractivity contribution < 1.29 is 9.47 Å². The van der Waals surface area contributed by atoms with Crippen LogP contribution in [0.4, 0.5) is 0 Å². The van der Waals surface area contributed by atoms with Gasteiger partial charge in [-0.1, -0.05) is 42.1 Å². The molecule has 0 spiro atoms. The molecule has 0 saturated carbocycles. The van der Waals surface area contributed by atoms with Gasteiger partial charge in [-0.25, -0.2) is 4.98 Å². The van der Waals surface area contributed by atoms with Crippen LogP contribution in [0.1, 0.15) is 13.0 Å². The third-order valence-electron chi connectivity index (χ3n) is 3.95. The monoisotopic (exact) mass is 370 g/mol. The number of hydrogen-bond acceptors (Lipinski definition) is 5. The maximum Gasteiger partial charge on any atom is 0.262 e. The molecule has 0 saturated heterocycles. The molecular formula is C20H22N2O3S. The molecule has 0 fully saturated rings. The normalized spacial score (nSPS) is 12.2. The van der Waals surface area contributed by atoms with Crippen molar-refractivity contribution in [1.82, 2.24) is 9.55 Å². The number of ether oxygens (including phenoxy) is 2. The van der Waals surface area contributed by atoms with E-state index in [0.29, 0.717) is 35.0 Å². The van der Waals surface area contributed by atoms with Crippen LogP contribution in [0.15, 0.2) is 64.5 Å². The van der Waals surface area contributed by atoms with E-state index in [4.69, 9.17) is 14.5 Å². The average molecular weight is 370 g/mol. The van der Waals surface area contributed by atoms with Gasteiger partial charge in [0.15, 0.2) is 5.16 Å². The number of methoxy groups -OCH3 is 1. The van der Waals surface area contributed by atoms with Crippen molar-refractivity contribution in [3.05, 3.63) is 65.0 Å². The van der Waals surface area contributed by atoms with E-state index >= 15 is 0 Å². The lowest BCUT2D eigenvalue weighted by Gasteiger charge is -2.19. The van der Waals surface area contributed by atoms with Gasteiger partial charge in [0.05, 0.1) is 30.2 Å². The first kappa shape index (κ1) is 18.5. The maximum atomic E-state index is 12.9. The molecule has 3 rings (SSSR count). The van der Waals surface area contributed by atoms with Gasteiger partial charge in [0.2, 0.25) is 0 Å². The van der Waals surface area contributed by atoms with Crippen molar-refractivity contribution in [2.45, 2.75) is 18.1 Å². The highest BCUT2D eigenvalue weighted by atomic mass is 32.2. The van der Waals surface area contributed by atoms with Gasteiger partial charge >= 0.3 is 0 Å². The van der Waals surface area contributed by atoms with E-state index in [0.717, 1.165) is 5.75 Å². The van der Waals surface area contributed by atoms with E-state index in [1.54, 1.807) is 11.7 Å². The second-order valence-corrected chi connectivity index (χ2v) is 6.96. The molecule has 1 atom stereocenters. The Bertz CT molecular complexity index is 912. The molecule has 0 N–H and O–H groups in total. The summed E-state index contributed by atoms with van der Waals surface area (Å²) in [7, 11) is 1.64. The van der Waals surface area contributed by atoms with Crippen molar-refractivity contribution in [3.63, 3.8) is 0 Å². The second-order valence-electron chi connectivity index (χ2n) is 5.90. The van der Waals surface area contributed by atoms with Crippen LogP contribution < -0.4 is 10.3 Å². The standard InChI is InChI=1S/C20H22N2O3S/c1-15(14-24-2)22-19(23)17-10-6-7-11-18(17)21-20(22)26-13-12-25-16-8-4-3-5-9-16/h3-11,15H,12-14H2,1-2H3/t15-/m0/s1. The van der Waals surface area contributed by atoms with Gasteiger partial charge in [-0.2, -0.15) is 0 Å². The fraction of sp³-hybridized carbons (Fsp3) is 0.300. The molecule has 2 aromatic carbocycles. The number of fused-ring (bicyclic) bond motifs is 1. The van der Waals surface area contributed by atoms with Crippen molar-refractivity contribution >= 4 is 22.7 Å². The minimum Gasteiger partial charge on any atom is -0.493 e. The first-order valence-electron chi connectivity index (χ1n) is 8.51. The predicted octanol–water partition coefficient (Wildman–Crippen LogP) is 3.78. The quantitative estimate of drug-likeness (QED) is 0.343. The van der Waals surface area contributed by atoms with Gasteiger partial charge in [-0.05, 0) is 31.2 Å². The zero-order chi connectivity index (χ0) is 18.4. The van der Waals surface area contributed by atoms with E-state index < -0.39 is 0 Å². The van der Waals surface area contributed by atoms with E-state index in [2.05, 4.69) is 0 Å². The SMILES string of the molecule is COC[C@H](C)n1c(SCCOc2ccccc2)nc2ccccc2c1=O. The van der Waals surface area contributed by atoms with Gasteiger partial charge < -0.3 is 9.47 Å². The number of aromatic nitrogens is 2. The summed E-state index contributed by atoms with van der Waals surface area (Å²) in [4.78, 5) is 17.6. The average Bonchev–Trinajstić information content (AvgIpc) is 2.66. The molecular weight excluding hydrogens is 348 g/mol. The summed E-state index contributed by atoms with van der Waals surface area (Å²) in [6, 6.07) is 17.0. The Hall–Kier alpha value is -2.31. The molecule has 5 nitrogen and oxygen atoms in total. The van der Waals surface area contributed by atoms with Crippen LogP contribution in [-0.4, -0.2) is 35.6 Å². The first-order chi connectivity index (χ1) is 12.7. The highest BCUT2D eigenvalue weighted by Crippen LogP contribution is 2.21. The molecule has 6 heteroatoms. The summed E-state index contributed by atoms with van der Waals surface area (Å²) in [5.74, 6) is 1.53. The maximum absolute atomic E-state index is 12.9. The molecule has 0 aliphatic heterocycles. The lowest BCUT2D eigenvalue weighted by atomic mass is 10.2. The van der Waals surface area contributed by atoms with E-state index in [9.17, 15) is 4.79 Å². The van der Waals surface area contributed by atoms with Gasteiger partial charge in [0, 0.05) is 12.9 Å². The number of nitrogens with zero attached hydrogens (tertiary/aromatic N) is 2. The van der Waals surface area contributed by atoms with Crippen LogP contribution >= 0.6 is 11.8 Å². The zero-order valence-corrected chi connectivity index (χ0v) is 15.7. The van der Waals surface area contributed by atoms with E-state index in [1.165, 1.54) is 11.8 Å². The number of para-hydroxylation sites is 2. The van der Waals surface area contributed by atoms with Gasteiger partial charge in [-0.15, -0.1) is 0 Å². The van der Waals surface area contributed by atoms with Crippen LogP contribution in [-0.2, 0) is 4.74 Å². The highest BCUT2D eigenvalue weighted by molar-refractivity contribution is 7.99. The number of rotatable bonds is 8. The topological polar surface area (TPSA) is 53.4 Å². The first-order valence-corrected chi connectivity index (χ1v) is 9.50. The van der Waals surface area contributed by atoms with Crippen LogP contribution in [0.5, 0.6) is 5.75 Å². The molecule has 136 valence electrons. The van der Waals surface area contributed by atoms with Crippen LogP contribution in [0.25, 0.3) is 10.9 Å². The van der Waals surface area contributed by atoms with Crippen molar-refractivity contribution in [2.24, 2.45) is 0 Å². The summed E-state index contributed by atoms with van der Waals surface area (Å²) in [6.07, 6.45) is 0. The number of benzene rings is 2. The lowest BCUT2D eigenvalue weighted by Crippen LogP contribution is -2.28. The number of hydrogen-bond donors (Lipinski definition) is 0. The summed E-state index contributed by atoms with van der Waals surface area (Å²) < 4.78 is 12.7. The van der Waals surface area contributed by atoms with Gasteiger partial charge in [-0.3, -0.25) is 9.36 Å². The molecule has 0 aliphatic carbocycles. The third kappa shape index (κ3) is 4.26. The fourth-order valence-electron chi connectivity index (χ4n) is 2.74. The Labute approximate surface area is 157 Å². The van der Waals surface area contributed by atoms with Gasteiger partial charge in [0.1, 0.15) is 5.75 Å². The predicted molar refractivity (Wildman–Crippen MR) is 105 cm³/mol. The fourth-order valence-corrected chi connectivity index (χ4v) is 3.66. The molecule has 0 radical (unpaired) electrons. The Morgan fingerprint density at radius 3 is 2.62 bits per heavy atom. The molecule has 3 aromatic rings. The van der Waals surface area contributed by atoms with Crippen molar-refractivity contribution in [2.75, 3.05) is 26.1 Å². The Morgan fingerprint density at radius 2 is 1.85 bits per heavy atom. The van der Waals surface area contributed by atoms with E-state index in [1.807, 2.05) is 61.5 Å². The van der Waals surface area contributed by atoms with E-state index in [-0.39, 0.29) is 11.6 Å². The minimum atomic E-state index is -0.0952. The Balaban J connectivity index is 1.81. The molecule has 0 bridgehead atoms. The van der Waals surface area contributed by atoms with Crippen molar-refractivity contribution in [3.8, 4) is 5.75 Å². The smallest absolute Gasteiger partial charge is 0.262 e. The summed E-state index contributed by atoms with van der Waals surface area (Å²) in [5, 5.41) is 1.32. The van der Waals surface area contributed by atoms with Gasteiger partial charge in [0.25, 0.3) is 5.56 Å². The third-order valence-corrected chi connectivity index (χ3v) is 4.87. The largest absolute Gasteiger partial charge is 0.493 e. The molecule has 1 aromatic heterocycles. The Kier molecular flexibility index (Phi) is 6.30. The zero-order valence-electron chi connectivity index (χ0n) is 14.9. The molecule has 0 aliphatic rings. The summed E-state index contributed by atoms with van der Waals surface area (Å²) in [6.45, 7) is 2.95. The lowest BCUT2D eigenvalue weighted by molar-refractivity contribution is 0.156. The second kappa shape index (κ2) is 8.87. The summed E-state index contributed by atoms with van der Waals surface area (Å²) >= 11 is 1.52. The highest BCUT2D eigenvalue weighted by Gasteiger charge is 2.16. The van der Waals surface area contributed by atoms with Crippen molar-refractivity contribution in [1.29, 1.82) is 0 Å². The molecule has 1 heterocycles. The number of thioether (sulfide) groups is 1.